The van der Waals surface area contributed by atoms with Crippen LogP contribution in [0.25, 0.3) is 0 Å². The van der Waals surface area contributed by atoms with Crippen molar-refractivity contribution in [2.24, 2.45) is 5.41 Å². The van der Waals surface area contributed by atoms with Crippen molar-refractivity contribution in [1.29, 1.82) is 0 Å². The van der Waals surface area contributed by atoms with Crippen molar-refractivity contribution in [2.75, 3.05) is 89.4 Å². The van der Waals surface area contributed by atoms with E-state index in [-0.39, 0.29) is 56.1 Å². The fourth-order valence-electron chi connectivity index (χ4n) is 2.03. The van der Waals surface area contributed by atoms with E-state index in [1.165, 1.54) is 0 Å². The Morgan fingerprint density at radius 2 is 0.714 bits per heavy atom. The number of hydrogen-bond donors (Lipinski definition) is 0. The third kappa shape index (κ3) is 27.9. The Bertz CT molecular complexity index is 181. The summed E-state index contributed by atoms with van der Waals surface area (Å²) in [7, 11) is 11.6. The van der Waals surface area contributed by atoms with Crippen LogP contribution in [0, 0.1) is 5.41 Å². The van der Waals surface area contributed by atoms with Gasteiger partial charge in [0.15, 0.2) is 0 Å². The summed E-state index contributed by atoms with van der Waals surface area (Å²) in [5.41, 5.74) is -0.188. The van der Waals surface area contributed by atoms with Gasteiger partial charge in [0.2, 0.25) is 0 Å². The molecule has 0 fully saturated rings. The van der Waals surface area contributed by atoms with Gasteiger partial charge in [-0.05, 0) is 0 Å². The topological polar surface area (TPSA) is 64.6 Å². The fourth-order valence-corrected chi connectivity index (χ4v) is 2.03. The molecule has 0 aliphatic carbocycles. The van der Waals surface area contributed by atoms with E-state index in [1.807, 2.05) is 0 Å². The molecule has 7 nitrogen and oxygen atoms in total. The van der Waals surface area contributed by atoms with Gasteiger partial charge in [0.1, 0.15) is 6.10 Å². The minimum atomic E-state index is -0.188. The van der Waals surface area contributed by atoms with Gasteiger partial charge in [0.05, 0.1) is 45.1 Å². The SMILES string of the molecule is C.C.C.C.C.C.COCC(COC)(COC)COC.COCC(COC)OC. The zero-order valence-corrected chi connectivity index (χ0v) is 15.2. The van der Waals surface area contributed by atoms with Gasteiger partial charge >= 0.3 is 0 Å². The maximum absolute atomic E-state index is 5.12. The predicted molar refractivity (Wildman–Crippen MR) is 125 cm³/mol. The van der Waals surface area contributed by atoms with E-state index in [4.69, 9.17) is 33.2 Å². The Balaban J connectivity index is -0.0000000407. The summed E-state index contributed by atoms with van der Waals surface area (Å²) in [6.45, 7) is 3.46. The molecule has 0 spiro atoms. The van der Waals surface area contributed by atoms with Crippen LogP contribution in [-0.4, -0.2) is 95.5 Å². The molecule has 0 saturated heterocycles. The predicted octanol–water partition coefficient (Wildman–Crippen LogP) is 4.67. The van der Waals surface area contributed by atoms with Crippen LogP contribution in [0.15, 0.2) is 0 Å². The molecule has 0 atom stereocenters. The highest BCUT2D eigenvalue weighted by Crippen LogP contribution is 2.19. The van der Waals surface area contributed by atoms with E-state index in [9.17, 15) is 0 Å². The molecule has 0 aromatic carbocycles. The third-order valence-corrected chi connectivity index (χ3v) is 2.84. The fraction of sp³-hybridized carbons (Fsp3) is 1.00. The van der Waals surface area contributed by atoms with Gasteiger partial charge in [-0.3, -0.25) is 0 Å². The van der Waals surface area contributed by atoms with Crippen LogP contribution < -0.4 is 0 Å². The van der Waals surface area contributed by atoms with Crippen LogP contribution in [0.5, 0.6) is 0 Å². The molecule has 184 valence electrons. The normalized spacial score (nSPS) is 9.00. The highest BCUT2D eigenvalue weighted by molar-refractivity contribution is 4.78. The highest BCUT2D eigenvalue weighted by Gasteiger charge is 2.30. The molecular weight excluding hydrogens is 364 g/mol. The standard InChI is InChI=1S/C9H20O4.C6H14O3.6CH4/c1-10-5-9(6-11-2,7-12-3)8-13-4;1-7-4-6(9-3)5-8-2;;;;;;/h5-8H2,1-4H3;6H,4-5H2,1-3H3;6*1H4. The van der Waals surface area contributed by atoms with Crippen LogP contribution in [0.1, 0.15) is 44.6 Å². The van der Waals surface area contributed by atoms with Gasteiger partial charge in [-0.2, -0.15) is 0 Å². The summed E-state index contributed by atoms with van der Waals surface area (Å²) >= 11 is 0. The zero-order valence-electron chi connectivity index (χ0n) is 15.2. The van der Waals surface area contributed by atoms with Crippen molar-refractivity contribution in [3.8, 4) is 0 Å². The lowest BCUT2D eigenvalue weighted by molar-refractivity contribution is -0.0760. The van der Waals surface area contributed by atoms with Crippen LogP contribution in [0.3, 0.4) is 0 Å². The first-order chi connectivity index (χ1) is 10.6. The Morgan fingerprint density at radius 1 is 0.464 bits per heavy atom. The first kappa shape index (κ1) is 50.9. The minimum absolute atomic E-state index is 0. The van der Waals surface area contributed by atoms with Crippen LogP contribution in [-0.2, 0) is 33.2 Å². The summed E-state index contributed by atoms with van der Waals surface area (Å²) in [6, 6.07) is 0. The van der Waals surface area contributed by atoms with Gasteiger partial charge in [-0.1, -0.05) is 44.6 Å². The molecule has 0 rings (SSSR count). The van der Waals surface area contributed by atoms with E-state index in [2.05, 4.69) is 0 Å². The summed E-state index contributed by atoms with van der Waals surface area (Å²) < 4.78 is 35.2. The number of methoxy groups -OCH3 is 7. The van der Waals surface area contributed by atoms with Gasteiger partial charge in [0, 0.05) is 49.8 Å². The minimum Gasteiger partial charge on any atom is -0.384 e. The first-order valence-corrected chi connectivity index (χ1v) is 7.06. The van der Waals surface area contributed by atoms with Crippen molar-refractivity contribution < 1.29 is 33.2 Å². The van der Waals surface area contributed by atoms with Crippen LogP contribution in [0.4, 0.5) is 0 Å². The average Bonchev–Trinajstić information content (AvgIpc) is 2.49. The van der Waals surface area contributed by atoms with Crippen LogP contribution >= 0.6 is 0 Å². The molecule has 0 aromatic heterocycles. The maximum Gasteiger partial charge on any atom is 0.104 e. The largest absolute Gasteiger partial charge is 0.384 e. The molecule has 0 saturated carbocycles. The van der Waals surface area contributed by atoms with E-state index in [1.54, 1.807) is 49.8 Å². The Labute approximate surface area is 179 Å². The lowest BCUT2D eigenvalue weighted by Crippen LogP contribution is -2.40. The summed E-state index contributed by atoms with van der Waals surface area (Å²) in [5, 5.41) is 0. The molecule has 0 heterocycles. The molecule has 7 heteroatoms. The smallest absolute Gasteiger partial charge is 0.104 e. The molecular formula is C21H58O7. The quantitative estimate of drug-likeness (QED) is 0.427. The molecule has 0 amide bonds. The Morgan fingerprint density at radius 3 is 0.857 bits per heavy atom. The number of ether oxygens (including phenoxy) is 7. The lowest BCUT2D eigenvalue weighted by Gasteiger charge is -2.30. The monoisotopic (exact) mass is 422 g/mol. The average molecular weight is 423 g/mol. The number of rotatable bonds is 13. The lowest BCUT2D eigenvalue weighted by atomic mass is 9.92. The van der Waals surface area contributed by atoms with Crippen molar-refractivity contribution >= 4 is 0 Å². The summed E-state index contributed by atoms with van der Waals surface area (Å²) in [5.74, 6) is 0. The summed E-state index contributed by atoms with van der Waals surface area (Å²) in [6.07, 6.45) is 0.0694. The second-order valence-electron chi connectivity index (χ2n) is 5.00. The third-order valence-electron chi connectivity index (χ3n) is 2.84. The maximum atomic E-state index is 5.12. The molecule has 28 heavy (non-hydrogen) atoms. The van der Waals surface area contributed by atoms with E-state index in [0.29, 0.717) is 39.6 Å². The van der Waals surface area contributed by atoms with E-state index in [0.717, 1.165) is 0 Å². The molecule has 0 aromatic rings. The highest BCUT2D eigenvalue weighted by atomic mass is 16.5. The second-order valence-corrected chi connectivity index (χ2v) is 5.00. The van der Waals surface area contributed by atoms with E-state index < -0.39 is 0 Å². The zero-order chi connectivity index (χ0) is 17.3. The molecule has 0 N–H and O–H groups in total. The van der Waals surface area contributed by atoms with Crippen LogP contribution in [0.2, 0.25) is 0 Å². The molecule has 0 bridgehead atoms. The molecule has 0 aliphatic rings. The van der Waals surface area contributed by atoms with E-state index >= 15 is 0 Å². The van der Waals surface area contributed by atoms with Gasteiger partial charge < -0.3 is 33.2 Å². The van der Waals surface area contributed by atoms with Gasteiger partial charge in [0.25, 0.3) is 0 Å². The number of hydrogen-bond acceptors (Lipinski definition) is 7. The van der Waals surface area contributed by atoms with Crippen molar-refractivity contribution in [2.45, 2.75) is 50.7 Å². The molecule has 0 aliphatic heterocycles. The first-order valence-electron chi connectivity index (χ1n) is 7.06. The van der Waals surface area contributed by atoms with Gasteiger partial charge in [-0.15, -0.1) is 0 Å². The molecule has 0 radical (unpaired) electrons. The van der Waals surface area contributed by atoms with Gasteiger partial charge in [-0.25, -0.2) is 0 Å². The second kappa shape index (κ2) is 37.5. The Hall–Kier alpha value is -0.280. The van der Waals surface area contributed by atoms with Crippen molar-refractivity contribution in [3.63, 3.8) is 0 Å². The van der Waals surface area contributed by atoms with Crippen molar-refractivity contribution in [1.82, 2.24) is 0 Å². The van der Waals surface area contributed by atoms with Crippen molar-refractivity contribution in [3.05, 3.63) is 0 Å². The Kier molecular flexibility index (Phi) is 68.1. The summed E-state index contributed by atoms with van der Waals surface area (Å²) in [4.78, 5) is 0. The molecule has 0 unspecified atom stereocenters.